The molecule has 4 aromatic heterocycles. The molecule has 46 heavy (non-hydrogen) atoms. The Hall–Kier alpha value is -5.94. The molecule has 9 rings (SSSR count). The lowest BCUT2D eigenvalue weighted by Crippen LogP contribution is -2.08. The molecule has 0 N–H and O–H groups in total. The monoisotopic (exact) mass is 593 g/mol. The van der Waals surface area contributed by atoms with E-state index < -0.39 is 0 Å². The molecule has 0 saturated carbocycles. The van der Waals surface area contributed by atoms with Gasteiger partial charge >= 0.3 is 0 Å². The summed E-state index contributed by atoms with van der Waals surface area (Å²) in [5, 5.41) is 4.57. The zero-order valence-electron chi connectivity index (χ0n) is 25.9. The van der Waals surface area contributed by atoms with Crippen molar-refractivity contribution in [2.45, 2.75) is 20.8 Å². The van der Waals surface area contributed by atoms with Crippen LogP contribution >= 0.6 is 0 Å². The van der Waals surface area contributed by atoms with Gasteiger partial charge in [-0.05, 0) is 78.9 Å². The summed E-state index contributed by atoms with van der Waals surface area (Å²) in [6.45, 7) is 6.48. The van der Waals surface area contributed by atoms with Gasteiger partial charge < -0.3 is 0 Å². The highest BCUT2D eigenvalue weighted by atomic mass is 15.3. The normalized spacial score (nSPS) is 11.8. The van der Waals surface area contributed by atoms with E-state index >= 15 is 0 Å². The maximum Gasteiger partial charge on any atom is 0.220 e. The zero-order chi connectivity index (χ0) is 30.9. The molecule has 5 aromatic carbocycles. The van der Waals surface area contributed by atoms with Crippen LogP contribution in [-0.4, -0.2) is 23.7 Å². The predicted molar refractivity (Wildman–Crippen MR) is 190 cm³/mol. The molecule has 0 aliphatic heterocycles. The highest BCUT2D eigenvalue weighted by Crippen LogP contribution is 2.38. The number of rotatable bonds is 4. The van der Waals surface area contributed by atoms with E-state index in [1.54, 1.807) is 0 Å². The molecule has 0 aliphatic rings. The number of hydrogen-bond acceptors (Lipinski definition) is 2. The molecule has 0 amide bonds. The van der Waals surface area contributed by atoms with Crippen LogP contribution in [0, 0.1) is 20.8 Å². The number of fused-ring (bicyclic) bond motifs is 6. The first kappa shape index (κ1) is 26.5. The van der Waals surface area contributed by atoms with Gasteiger partial charge in [-0.3, -0.25) is 13.7 Å². The Balaban J connectivity index is 1.38. The Labute approximate surface area is 266 Å². The predicted octanol–water partition coefficient (Wildman–Crippen LogP) is 10.1. The molecule has 0 spiro atoms. The minimum Gasteiger partial charge on any atom is -0.294 e. The van der Waals surface area contributed by atoms with Crippen molar-refractivity contribution in [2.75, 3.05) is 0 Å². The molecule has 0 fully saturated rings. The molecule has 4 heterocycles. The second kappa shape index (κ2) is 10.0. The molecule has 0 bridgehead atoms. The minimum atomic E-state index is 0.819. The van der Waals surface area contributed by atoms with Crippen molar-refractivity contribution in [3.05, 3.63) is 150 Å². The average Bonchev–Trinajstić information content (AvgIpc) is 3.76. The molecule has 0 unspecified atom stereocenters. The van der Waals surface area contributed by atoms with Crippen LogP contribution in [0.2, 0.25) is 0 Å². The summed E-state index contributed by atoms with van der Waals surface area (Å²) < 4.78 is 6.73. The van der Waals surface area contributed by atoms with Gasteiger partial charge in [0, 0.05) is 39.6 Å². The SMILES string of the molecule is Cc1ccccc1-c1cccc(-n2c3ccccc3c3cc4c5ccccc5n(-c5nccn5-c5c(C)cccc5C)c4nc32)c1. The fraction of sp³-hybridized carbons (Fsp3) is 0.0732. The van der Waals surface area contributed by atoms with Crippen LogP contribution in [0.3, 0.4) is 0 Å². The number of benzene rings is 5. The quantitative estimate of drug-likeness (QED) is 0.204. The van der Waals surface area contributed by atoms with Gasteiger partial charge in [-0.25, -0.2) is 9.97 Å². The van der Waals surface area contributed by atoms with Crippen molar-refractivity contribution in [3.8, 4) is 28.5 Å². The van der Waals surface area contributed by atoms with Gasteiger partial charge in [0.05, 0.1) is 16.7 Å². The summed E-state index contributed by atoms with van der Waals surface area (Å²) >= 11 is 0. The van der Waals surface area contributed by atoms with Gasteiger partial charge in [-0.1, -0.05) is 91.0 Å². The molecule has 0 radical (unpaired) electrons. The highest BCUT2D eigenvalue weighted by Gasteiger charge is 2.22. The lowest BCUT2D eigenvalue weighted by atomic mass is 10.0. The molecular formula is C41H31N5. The Morgan fingerprint density at radius 3 is 1.87 bits per heavy atom. The van der Waals surface area contributed by atoms with Crippen molar-refractivity contribution >= 4 is 43.9 Å². The summed E-state index contributed by atoms with van der Waals surface area (Å²) in [7, 11) is 0. The topological polar surface area (TPSA) is 40.6 Å². The molecular weight excluding hydrogens is 562 g/mol. The first-order valence-corrected chi connectivity index (χ1v) is 15.7. The third-order valence-corrected chi connectivity index (χ3v) is 9.34. The number of para-hydroxylation sites is 3. The van der Waals surface area contributed by atoms with E-state index in [1.807, 2.05) is 6.20 Å². The van der Waals surface area contributed by atoms with Gasteiger partial charge in [-0.15, -0.1) is 0 Å². The van der Waals surface area contributed by atoms with E-state index in [0.717, 1.165) is 55.8 Å². The maximum absolute atomic E-state index is 5.56. The number of hydrogen-bond donors (Lipinski definition) is 0. The standard InChI is InChI=1S/C41H31N5/c1-26-12-4-5-17-31(26)29-15-11-16-30(24-29)45-36-20-8-6-18-32(36)34-25-35-33-19-7-9-21-37(33)46(40(35)43-39(34)45)41-42-22-23-44(41)38-27(2)13-10-14-28(38)3/h4-25H,1-3H3. The van der Waals surface area contributed by atoms with Crippen molar-refractivity contribution in [3.63, 3.8) is 0 Å². The Morgan fingerprint density at radius 2 is 1.13 bits per heavy atom. The number of aryl methyl sites for hydroxylation is 3. The van der Waals surface area contributed by atoms with Gasteiger partial charge in [0.2, 0.25) is 5.95 Å². The number of imidazole rings is 1. The Kier molecular flexibility index (Phi) is 5.78. The molecule has 9 aromatic rings. The van der Waals surface area contributed by atoms with Crippen LogP contribution in [0.15, 0.2) is 134 Å². The fourth-order valence-electron chi connectivity index (χ4n) is 7.25. The molecule has 5 nitrogen and oxygen atoms in total. The largest absolute Gasteiger partial charge is 0.294 e. The van der Waals surface area contributed by atoms with Crippen LogP contribution in [0.25, 0.3) is 72.3 Å². The second-order valence-corrected chi connectivity index (χ2v) is 12.1. The smallest absolute Gasteiger partial charge is 0.220 e. The number of aromatic nitrogens is 5. The molecule has 0 saturated heterocycles. The first-order valence-electron chi connectivity index (χ1n) is 15.7. The van der Waals surface area contributed by atoms with Gasteiger partial charge in [0.25, 0.3) is 0 Å². The van der Waals surface area contributed by atoms with Crippen LogP contribution in [0.1, 0.15) is 16.7 Å². The lowest BCUT2D eigenvalue weighted by molar-refractivity contribution is 0.916. The average molecular weight is 594 g/mol. The summed E-state index contributed by atoms with van der Waals surface area (Å²) in [5.74, 6) is 0.819. The van der Waals surface area contributed by atoms with E-state index in [2.05, 4.69) is 162 Å². The van der Waals surface area contributed by atoms with E-state index in [0.29, 0.717) is 0 Å². The summed E-state index contributed by atoms with van der Waals surface area (Å²) in [6, 6.07) is 43.3. The van der Waals surface area contributed by atoms with Crippen LogP contribution < -0.4 is 0 Å². The Bertz CT molecular complexity index is 2610. The van der Waals surface area contributed by atoms with Crippen molar-refractivity contribution in [1.82, 2.24) is 23.7 Å². The molecule has 220 valence electrons. The number of nitrogens with zero attached hydrogens (tertiary/aromatic N) is 5. The van der Waals surface area contributed by atoms with Crippen molar-refractivity contribution < 1.29 is 0 Å². The van der Waals surface area contributed by atoms with E-state index in [-0.39, 0.29) is 0 Å². The van der Waals surface area contributed by atoms with Crippen LogP contribution in [0.4, 0.5) is 0 Å². The number of pyridine rings is 1. The lowest BCUT2D eigenvalue weighted by Gasteiger charge is -2.15. The first-order chi connectivity index (χ1) is 22.6. The third kappa shape index (κ3) is 3.81. The van der Waals surface area contributed by atoms with Crippen LogP contribution in [-0.2, 0) is 0 Å². The zero-order valence-corrected chi connectivity index (χ0v) is 25.9. The molecule has 0 aliphatic carbocycles. The van der Waals surface area contributed by atoms with Crippen molar-refractivity contribution in [2.24, 2.45) is 0 Å². The van der Waals surface area contributed by atoms with Crippen molar-refractivity contribution in [1.29, 1.82) is 0 Å². The molecule has 0 atom stereocenters. The van der Waals surface area contributed by atoms with E-state index in [1.165, 1.54) is 33.2 Å². The molecule has 5 heteroatoms. The highest BCUT2D eigenvalue weighted by molar-refractivity contribution is 6.16. The second-order valence-electron chi connectivity index (χ2n) is 12.1. The van der Waals surface area contributed by atoms with Crippen LogP contribution in [0.5, 0.6) is 0 Å². The van der Waals surface area contributed by atoms with Gasteiger partial charge in [0.15, 0.2) is 0 Å². The third-order valence-electron chi connectivity index (χ3n) is 9.34. The van der Waals surface area contributed by atoms with E-state index in [9.17, 15) is 0 Å². The maximum atomic E-state index is 5.56. The summed E-state index contributed by atoms with van der Waals surface area (Å²) in [6.07, 6.45) is 3.94. The summed E-state index contributed by atoms with van der Waals surface area (Å²) in [5.41, 5.74) is 12.3. The Morgan fingerprint density at radius 1 is 0.522 bits per heavy atom. The summed E-state index contributed by atoms with van der Waals surface area (Å²) in [4.78, 5) is 10.5. The van der Waals surface area contributed by atoms with Gasteiger partial charge in [0.1, 0.15) is 11.3 Å². The van der Waals surface area contributed by atoms with E-state index in [4.69, 9.17) is 9.97 Å². The minimum absolute atomic E-state index is 0.819. The van der Waals surface area contributed by atoms with Gasteiger partial charge in [-0.2, -0.15) is 0 Å². The fourth-order valence-corrected chi connectivity index (χ4v) is 7.25.